The predicted molar refractivity (Wildman–Crippen MR) is 114 cm³/mol. The van der Waals surface area contributed by atoms with Gasteiger partial charge in [-0.1, -0.05) is 47.5 Å². The highest BCUT2D eigenvalue weighted by Gasteiger charge is 2.19. The van der Waals surface area contributed by atoms with Gasteiger partial charge in [-0.3, -0.25) is 4.79 Å². The quantitative estimate of drug-likeness (QED) is 0.682. The molecule has 0 bridgehead atoms. The predicted octanol–water partition coefficient (Wildman–Crippen LogP) is 4.10. The van der Waals surface area contributed by atoms with Crippen molar-refractivity contribution in [2.45, 2.75) is 13.8 Å². The smallest absolute Gasteiger partial charge is 0.270 e. The highest BCUT2D eigenvalue weighted by Crippen LogP contribution is 2.29. The number of aromatic nitrogens is 2. The molecule has 0 radical (unpaired) electrons. The van der Waals surface area contributed by atoms with Gasteiger partial charge < -0.3 is 10.2 Å². The van der Waals surface area contributed by atoms with E-state index in [1.165, 1.54) is 0 Å². The van der Waals surface area contributed by atoms with E-state index in [-0.39, 0.29) is 5.91 Å². The summed E-state index contributed by atoms with van der Waals surface area (Å²) in [4.78, 5) is 14.9. The summed E-state index contributed by atoms with van der Waals surface area (Å²) in [6.07, 6.45) is 0. The molecule has 146 valence electrons. The van der Waals surface area contributed by atoms with Crippen LogP contribution in [0.25, 0.3) is 16.9 Å². The van der Waals surface area contributed by atoms with Crippen molar-refractivity contribution in [3.05, 3.63) is 70.4 Å². The first-order valence-electron chi connectivity index (χ1n) is 9.22. The third-order valence-corrected chi connectivity index (χ3v) is 4.85. The minimum atomic E-state index is -0.160. The SMILES string of the molecule is Cc1ccc(-n2nc(-c3ccccc3Cl)cc2C(=O)NCCN(C)C)c(C)c1. The lowest BCUT2D eigenvalue weighted by molar-refractivity contribution is 0.0943. The minimum Gasteiger partial charge on any atom is -0.349 e. The second-order valence-corrected chi connectivity index (χ2v) is 7.56. The van der Waals surface area contributed by atoms with Crippen LogP contribution in [0.5, 0.6) is 0 Å². The fourth-order valence-electron chi connectivity index (χ4n) is 3.05. The topological polar surface area (TPSA) is 50.2 Å². The number of hydrogen-bond donors (Lipinski definition) is 1. The number of hydrogen-bond acceptors (Lipinski definition) is 3. The molecule has 1 aromatic heterocycles. The number of nitrogens with one attached hydrogen (secondary N) is 1. The van der Waals surface area contributed by atoms with Gasteiger partial charge in [0, 0.05) is 18.7 Å². The van der Waals surface area contributed by atoms with Crippen LogP contribution < -0.4 is 5.32 Å². The van der Waals surface area contributed by atoms with Gasteiger partial charge in [-0.2, -0.15) is 5.10 Å². The molecular formula is C22H25ClN4O. The van der Waals surface area contributed by atoms with Gasteiger partial charge in [0.1, 0.15) is 5.69 Å². The molecule has 0 saturated carbocycles. The van der Waals surface area contributed by atoms with Crippen molar-refractivity contribution >= 4 is 17.5 Å². The maximum atomic E-state index is 12.9. The van der Waals surface area contributed by atoms with Gasteiger partial charge in [-0.05, 0) is 51.7 Å². The molecule has 0 aliphatic carbocycles. The van der Waals surface area contributed by atoms with Crippen LogP contribution in [0.3, 0.4) is 0 Å². The van der Waals surface area contributed by atoms with Crippen LogP contribution in [0, 0.1) is 13.8 Å². The van der Waals surface area contributed by atoms with E-state index in [0.29, 0.717) is 23.0 Å². The first-order chi connectivity index (χ1) is 13.4. The van der Waals surface area contributed by atoms with Crippen molar-refractivity contribution in [3.63, 3.8) is 0 Å². The summed E-state index contributed by atoms with van der Waals surface area (Å²) >= 11 is 6.36. The molecule has 1 N–H and O–H groups in total. The Morgan fingerprint density at radius 3 is 2.57 bits per heavy atom. The molecule has 6 heteroatoms. The third kappa shape index (κ3) is 4.43. The molecule has 3 aromatic rings. The largest absolute Gasteiger partial charge is 0.349 e. The van der Waals surface area contributed by atoms with Crippen molar-refractivity contribution in [1.29, 1.82) is 0 Å². The molecule has 1 heterocycles. The number of nitrogens with zero attached hydrogens (tertiary/aromatic N) is 3. The second-order valence-electron chi connectivity index (χ2n) is 7.16. The van der Waals surface area contributed by atoms with Crippen molar-refractivity contribution in [1.82, 2.24) is 20.0 Å². The highest BCUT2D eigenvalue weighted by atomic mass is 35.5. The fourth-order valence-corrected chi connectivity index (χ4v) is 3.29. The lowest BCUT2D eigenvalue weighted by Gasteiger charge is -2.13. The number of amides is 1. The van der Waals surface area contributed by atoms with E-state index in [1.54, 1.807) is 10.7 Å². The molecule has 0 atom stereocenters. The molecule has 0 saturated heterocycles. The fraction of sp³-hybridized carbons (Fsp3) is 0.273. The zero-order valence-corrected chi connectivity index (χ0v) is 17.4. The monoisotopic (exact) mass is 396 g/mol. The Bertz CT molecular complexity index is 994. The van der Waals surface area contributed by atoms with E-state index in [9.17, 15) is 4.79 Å². The summed E-state index contributed by atoms with van der Waals surface area (Å²) in [5, 5.41) is 8.31. The summed E-state index contributed by atoms with van der Waals surface area (Å²) in [7, 11) is 3.95. The van der Waals surface area contributed by atoms with E-state index in [4.69, 9.17) is 16.7 Å². The Hall–Kier alpha value is -2.63. The van der Waals surface area contributed by atoms with Crippen LogP contribution in [0.1, 0.15) is 21.6 Å². The van der Waals surface area contributed by atoms with Crippen molar-refractivity contribution in [3.8, 4) is 16.9 Å². The van der Waals surface area contributed by atoms with E-state index >= 15 is 0 Å². The summed E-state index contributed by atoms with van der Waals surface area (Å²) in [6, 6.07) is 15.4. The van der Waals surface area contributed by atoms with Crippen LogP contribution >= 0.6 is 11.6 Å². The van der Waals surface area contributed by atoms with Crippen LogP contribution in [-0.2, 0) is 0 Å². The molecule has 28 heavy (non-hydrogen) atoms. The zero-order valence-electron chi connectivity index (χ0n) is 16.7. The average Bonchev–Trinajstić information content (AvgIpc) is 3.06. The van der Waals surface area contributed by atoms with Crippen LogP contribution in [0.15, 0.2) is 48.5 Å². The molecule has 0 fully saturated rings. The van der Waals surface area contributed by atoms with Crippen LogP contribution in [0.4, 0.5) is 0 Å². The normalized spacial score (nSPS) is 11.1. The lowest BCUT2D eigenvalue weighted by atomic mass is 10.1. The molecular weight excluding hydrogens is 372 g/mol. The van der Waals surface area contributed by atoms with Gasteiger partial charge >= 0.3 is 0 Å². The Morgan fingerprint density at radius 1 is 1.14 bits per heavy atom. The van der Waals surface area contributed by atoms with Gasteiger partial charge in [0.15, 0.2) is 0 Å². The van der Waals surface area contributed by atoms with Gasteiger partial charge in [-0.25, -0.2) is 4.68 Å². The number of aryl methyl sites for hydroxylation is 2. The average molecular weight is 397 g/mol. The summed E-state index contributed by atoms with van der Waals surface area (Å²) in [5.74, 6) is -0.160. The molecule has 0 spiro atoms. The Labute approximate surface area is 170 Å². The molecule has 5 nitrogen and oxygen atoms in total. The number of likely N-dealkylation sites (N-methyl/N-ethyl adjacent to an activating group) is 1. The van der Waals surface area contributed by atoms with Crippen LogP contribution in [-0.4, -0.2) is 47.8 Å². The molecule has 3 rings (SSSR count). The number of carbonyl (C=O) groups excluding carboxylic acids is 1. The van der Waals surface area contributed by atoms with E-state index < -0.39 is 0 Å². The minimum absolute atomic E-state index is 0.160. The number of rotatable bonds is 6. The van der Waals surface area contributed by atoms with Crippen molar-refractivity contribution < 1.29 is 4.79 Å². The summed E-state index contributed by atoms with van der Waals surface area (Å²) in [6.45, 7) is 5.39. The molecule has 1 amide bonds. The first-order valence-corrected chi connectivity index (χ1v) is 9.60. The lowest BCUT2D eigenvalue weighted by Crippen LogP contribution is -2.32. The summed E-state index contributed by atoms with van der Waals surface area (Å²) < 4.78 is 1.71. The third-order valence-electron chi connectivity index (χ3n) is 4.52. The molecule has 2 aromatic carbocycles. The van der Waals surface area contributed by atoms with Crippen LogP contribution in [0.2, 0.25) is 5.02 Å². The van der Waals surface area contributed by atoms with Crippen molar-refractivity contribution in [2.75, 3.05) is 27.2 Å². The molecule has 0 unspecified atom stereocenters. The highest BCUT2D eigenvalue weighted by molar-refractivity contribution is 6.33. The second kappa shape index (κ2) is 8.59. The standard InChI is InChI=1S/C22H25ClN4O/c1-15-9-10-20(16(2)13-15)27-21(22(28)24-11-12-26(3)4)14-19(25-27)17-7-5-6-8-18(17)23/h5-10,13-14H,11-12H2,1-4H3,(H,24,28). The zero-order chi connectivity index (χ0) is 20.3. The Kier molecular flexibility index (Phi) is 6.17. The van der Waals surface area contributed by atoms with Gasteiger partial charge in [0.25, 0.3) is 5.91 Å². The number of carbonyl (C=O) groups is 1. The van der Waals surface area contributed by atoms with Gasteiger partial charge in [0.05, 0.1) is 16.4 Å². The number of halogens is 1. The number of benzene rings is 2. The van der Waals surface area contributed by atoms with Crippen molar-refractivity contribution in [2.24, 2.45) is 0 Å². The Morgan fingerprint density at radius 2 is 1.89 bits per heavy atom. The molecule has 0 aliphatic heterocycles. The first kappa shape index (κ1) is 20.1. The van der Waals surface area contributed by atoms with Gasteiger partial charge in [-0.15, -0.1) is 0 Å². The molecule has 0 aliphatic rings. The maximum Gasteiger partial charge on any atom is 0.270 e. The van der Waals surface area contributed by atoms with E-state index in [1.807, 2.05) is 69.2 Å². The Balaban J connectivity index is 2.05. The van der Waals surface area contributed by atoms with E-state index in [0.717, 1.165) is 28.9 Å². The van der Waals surface area contributed by atoms with Gasteiger partial charge in [0.2, 0.25) is 0 Å². The summed E-state index contributed by atoms with van der Waals surface area (Å²) in [5.41, 5.74) is 5.05. The van der Waals surface area contributed by atoms with E-state index in [2.05, 4.69) is 11.4 Å². The maximum absolute atomic E-state index is 12.9.